The Morgan fingerprint density at radius 2 is 1.60 bits per heavy atom. The lowest BCUT2D eigenvalue weighted by Crippen LogP contribution is -2.27. The third kappa shape index (κ3) is 7.44. The van der Waals surface area contributed by atoms with Crippen LogP contribution in [0.25, 0.3) is 22.2 Å². The summed E-state index contributed by atoms with van der Waals surface area (Å²) in [4.78, 5) is 27.7. The molecule has 0 atom stereocenters. The maximum Gasteiger partial charge on any atom is 0.490 e. The van der Waals surface area contributed by atoms with Gasteiger partial charge in [0.1, 0.15) is 18.0 Å². The average molecular weight is 606 g/mol. The molecule has 3 heterocycles. The van der Waals surface area contributed by atoms with Crippen LogP contribution in [0.4, 0.5) is 13.2 Å². The van der Waals surface area contributed by atoms with E-state index in [9.17, 15) is 26.4 Å². The molecule has 3 N–H and O–H groups in total. The zero-order chi connectivity index (χ0) is 30.5. The van der Waals surface area contributed by atoms with Crippen molar-refractivity contribution in [3.63, 3.8) is 0 Å². The number of nitrogens with one attached hydrogen (secondary N) is 1. The molecule has 1 aliphatic heterocycles. The summed E-state index contributed by atoms with van der Waals surface area (Å²) < 4.78 is 64.8. The van der Waals surface area contributed by atoms with E-state index in [2.05, 4.69) is 9.97 Å². The van der Waals surface area contributed by atoms with Crippen LogP contribution in [-0.2, 0) is 32.6 Å². The number of carboxylic acids is 2. The van der Waals surface area contributed by atoms with E-state index in [1.165, 1.54) is 0 Å². The van der Waals surface area contributed by atoms with Gasteiger partial charge in [0.05, 0.1) is 17.0 Å². The van der Waals surface area contributed by atoms with Gasteiger partial charge >= 0.3 is 18.1 Å². The highest BCUT2D eigenvalue weighted by atomic mass is 32.2. The van der Waals surface area contributed by atoms with E-state index in [4.69, 9.17) is 19.7 Å². The van der Waals surface area contributed by atoms with E-state index in [1.807, 2.05) is 24.3 Å². The minimum absolute atomic E-state index is 0.0259. The Balaban J connectivity index is 0.000000517. The van der Waals surface area contributed by atoms with Crippen molar-refractivity contribution in [3.8, 4) is 16.9 Å². The molecule has 222 valence electrons. The summed E-state index contributed by atoms with van der Waals surface area (Å²) in [5, 5.41) is 16.9. The number of hydrogen-bond acceptors (Lipinski definition) is 6. The Labute approximate surface area is 238 Å². The van der Waals surface area contributed by atoms with Gasteiger partial charge in [-0.25, -0.2) is 18.2 Å². The summed E-state index contributed by atoms with van der Waals surface area (Å²) in [6.07, 6.45) is -1.58. The number of carbonyl (C=O) groups is 2. The van der Waals surface area contributed by atoms with Crippen molar-refractivity contribution in [2.24, 2.45) is 0 Å². The summed E-state index contributed by atoms with van der Waals surface area (Å²) in [6.45, 7) is 1.45. The number of aromatic nitrogens is 2. The van der Waals surface area contributed by atoms with Gasteiger partial charge in [0.2, 0.25) is 10.0 Å². The Bertz CT molecular complexity index is 1660. The van der Waals surface area contributed by atoms with Crippen molar-refractivity contribution in [2.45, 2.75) is 36.9 Å². The third-order valence-corrected chi connectivity index (χ3v) is 8.28. The monoisotopic (exact) mass is 605 g/mol. The molecule has 0 aliphatic carbocycles. The second kappa shape index (κ2) is 12.6. The smallest absolute Gasteiger partial charge is 0.487 e. The van der Waals surface area contributed by atoms with Crippen LogP contribution in [0.5, 0.6) is 5.75 Å². The van der Waals surface area contributed by atoms with Gasteiger partial charge in [-0.2, -0.15) is 17.5 Å². The van der Waals surface area contributed by atoms with E-state index in [0.29, 0.717) is 41.6 Å². The largest absolute Gasteiger partial charge is 0.490 e. The van der Waals surface area contributed by atoms with Crippen molar-refractivity contribution < 1.29 is 46.1 Å². The van der Waals surface area contributed by atoms with Crippen LogP contribution in [0.3, 0.4) is 0 Å². The predicted octanol–water partition coefficient (Wildman–Crippen LogP) is 4.85. The highest BCUT2D eigenvalue weighted by Gasteiger charge is 2.38. The molecule has 0 bridgehead atoms. The first-order valence-corrected chi connectivity index (χ1v) is 14.1. The van der Waals surface area contributed by atoms with Gasteiger partial charge in [-0.05, 0) is 65.9 Å². The molecule has 2 aromatic carbocycles. The minimum atomic E-state index is -5.08. The second-order valence-electron chi connectivity index (χ2n) is 9.36. The van der Waals surface area contributed by atoms with E-state index < -0.39 is 28.1 Å². The molecule has 14 heteroatoms. The summed E-state index contributed by atoms with van der Waals surface area (Å²) in [5.41, 5.74) is 4.11. The number of carboxylic acid groups (broad SMARTS) is 2. The first-order valence-electron chi connectivity index (χ1n) is 12.7. The molecular weight excluding hydrogens is 579 g/mol. The van der Waals surface area contributed by atoms with E-state index in [0.717, 1.165) is 35.0 Å². The Hall–Kier alpha value is -4.43. The fourth-order valence-electron chi connectivity index (χ4n) is 4.33. The number of pyridine rings is 1. The molecule has 0 spiro atoms. The number of aromatic amines is 1. The van der Waals surface area contributed by atoms with Gasteiger partial charge in [0, 0.05) is 24.7 Å². The fourth-order valence-corrected chi connectivity index (χ4v) is 5.85. The second-order valence-corrected chi connectivity index (χ2v) is 11.3. The first kappa shape index (κ1) is 30.5. The van der Waals surface area contributed by atoms with Gasteiger partial charge < -0.3 is 19.9 Å². The number of aliphatic carboxylic acids is 2. The van der Waals surface area contributed by atoms with E-state index >= 15 is 0 Å². The SMILES string of the molecule is O=C(O)C(F)(F)F.O=C(O)Cc1ccc(OCc2cc3c(-c4ccc(S(=O)(=O)N5CCCC5)cc4)ccnc3[nH]2)cc1. The van der Waals surface area contributed by atoms with Crippen LogP contribution in [-0.4, -0.2) is 64.1 Å². The van der Waals surface area contributed by atoms with Crippen LogP contribution < -0.4 is 4.74 Å². The number of H-pyrrole nitrogens is 1. The average Bonchev–Trinajstić information content (AvgIpc) is 3.63. The summed E-state index contributed by atoms with van der Waals surface area (Å²) in [7, 11) is -3.45. The zero-order valence-corrected chi connectivity index (χ0v) is 22.8. The summed E-state index contributed by atoms with van der Waals surface area (Å²) in [5.74, 6) is -2.99. The highest BCUT2D eigenvalue weighted by molar-refractivity contribution is 7.89. The topological polar surface area (TPSA) is 150 Å². The lowest BCUT2D eigenvalue weighted by molar-refractivity contribution is -0.192. The number of halogens is 3. The number of ether oxygens (including phenoxy) is 1. The summed E-state index contributed by atoms with van der Waals surface area (Å²) >= 11 is 0. The van der Waals surface area contributed by atoms with Crippen molar-refractivity contribution >= 4 is 33.0 Å². The lowest BCUT2D eigenvalue weighted by atomic mass is 10.0. The van der Waals surface area contributed by atoms with Crippen LogP contribution >= 0.6 is 0 Å². The predicted molar refractivity (Wildman–Crippen MR) is 145 cm³/mol. The maximum absolute atomic E-state index is 12.8. The molecule has 1 aliphatic rings. The molecule has 0 unspecified atom stereocenters. The number of sulfonamides is 1. The van der Waals surface area contributed by atoms with E-state index in [1.54, 1.807) is 46.9 Å². The molecule has 1 saturated heterocycles. The molecule has 0 amide bonds. The molecule has 0 radical (unpaired) electrons. The molecule has 2 aromatic heterocycles. The molecule has 1 fully saturated rings. The number of rotatable bonds is 8. The molecule has 4 aromatic rings. The Morgan fingerprint density at radius 3 is 2.17 bits per heavy atom. The first-order chi connectivity index (χ1) is 19.8. The van der Waals surface area contributed by atoms with Crippen molar-refractivity contribution in [2.75, 3.05) is 13.1 Å². The van der Waals surface area contributed by atoms with Crippen molar-refractivity contribution in [1.82, 2.24) is 14.3 Å². The maximum atomic E-state index is 12.8. The standard InChI is InChI=1S/C26H25N3O5S.C2HF3O2/c30-25(31)15-18-3-7-21(8-4-18)34-17-20-16-24-23(11-12-27-26(24)28-20)19-5-9-22(10-6-19)35(32,33)29-13-1-2-14-29;3-2(4,5)1(6)7/h3-12,16H,1-2,13-15,17H2,(H,27,28)(H,30,31);(H,6,7). The number of benzene rings is 2. The third-order valence-electron chi connectivity index (χ3n) is 6.37. The van der Waals surface area contributed by atoms with Gasteiger partial charge in [0.25, 0.3) is 0 Å². The number of alkyl halides is 3. The number of hydrogen-bond donors (Lipinski definition) is 3. The number of nitrogens with zero attached hydrogens (tertiary/aromatic N) is 2. The lowest BCUT2D eigenvalue weighted by Gasteiger charge is -2.15. The van der Waals surface area contributed by atoms with Crippen molar-refractivity contribution in [1.29, 1.82) is 0 Å². The zero-order valence-electron chi connectivity index (χ0n) is 22.0. The van der Waals surface area contributed by atoms with Crippen LogP contribution in [0.15, 0.2) is 71.8 Å². The Kier molecular flexibility index (Phi) is 9.17. The molecule has 10 nitrogen and oxygen atoms in total. The van der Waals surface area contributed by atoms with Gasteiger partial charge in [-0.15, -0.1) is 0 Å². The number of fused-ring (bicyclic) bond motifs is 1. The highest BCUT2D eigenvalue weighted by Crippen LogP contribution is 2.30. The molecule has 5 rings (SSSR count). The molecular formula is C28H26F3N3O7S. The normalized spacial score (nSPS) is 13.9. The van der Waals surface area contributed by atoms with Crippen LogP contribution in [0.2, 0.25) is 0 Å². The van der Waals surface area contributed by atoms with Gasteiger partial charge in [-0.3, -0.25) is 4.79 Å². The van der Waals surface area contributed by atoms with E-state index in [-0.39, 0.29) is 6.42 Å². The van der Waals surface area contributed by atoms with Gasteiger partial charge in [0.15, 0.2) is 0 Å². The summed E-state index contributed by atoms with van der Waals surface area (Å²) in [6, 6.07) is 17.9. The quantitative estimate of drug-likeness (QED) is 0.258. The van der Waals surface area contributed by atoms with Crippen LogP contribution in [0, 0.1) is 0 Å². The van der Waals surface area contributed by atoms with Crippen molar-refractivity contribution in [3.05, 3.63) is 78.1 Å². The minimum Gasteiger partial charge on any atom is -0.487 e. The molecule has 42 heavy (non-hydrogen) atoms. The van der Waals surface area contributed by atoms with Crippen LogP contribution in [0.1, 0.15) is 24.1 Å². The van der Waals surface area contributed by atoms with Gasteiger partial charge in [-0.1, -0.05) is 24.3 Å². The molecule has 0 saturated carbocycles. The fraction of sp³-hybridized carbons (Fsp3) is 0.250. The Morgan fingerprint density at radius 1 is 0.976 bits per heavy atom.